The van der Waals surface area contributed by atoms with Crippen molar-refractivity contribution in [1.29, 1.82) is 0 Å². The molecule has 16 heavy (non-hydrogen) atoms. The first-order valence-corrected chi connectivity index (χ1v) is 4.66. The smallest absolute Gasteiger partial charge is 0.238 e. The number of ether oxygens (including phenoxy) is 1. The lowest BCUT2D eigenvalue weighted by atomic mass is 10.2. The minimum atomic E-state index is -0.441. The number of hydrogen-bond donors (Lipinski definition) is 1. The van der Waals surface area contributed by atoms with Gasteiger partial charge in [0.1, 0.15) is 5.82 Å². The van der Waals surface area contributed by atoms with Crippen LogP contribution >= 0.6 is 0 Å². The molecule has 82 valence electrons. The molecule has 0 bridgehead atoms. The number of nitrogen functional groups attached to an aromatic ring is 1. The molecule has 1 aromatic heterocycles. The van der Waals surface area contributed by atoms with Crippen LogP contribution in [0.5, 0.6) is 11.6 Å². The molecule has 1 heterocycles. The molecule has 0 atom stereocenters. The molecule has 4 nitrogen and oxygen atoms in total. The van der Waals surface area contributed by atoms with Gasteiger partial charge < -0.3 is 10.5 Å². The molecule has 0 aliphatic carbocycles. The van der Waals surface area contributed by atoms with Gasteiger partial charge in [0, 0.05) is 0 Å². The number of anilines is 1. The van der Waals surface area contributed by atoms with Crippen LogP contribution in [0.1, 0.15) is 5.56 Å². The minimum absolute atomic E-state index is 0.124. The zero-order chi connectivity index (χ0) is 11.5. The molecule has 0 saturated carbocycles. The molecule has 0 saturated heterocycles. The second-order valence-electron chi connectivity index (χ2n) is 3.32. The highest BCUT2D eigenvalue weighted by molar-refractivity contribution is 5.33. The Morgan fingerprint density at radius 2 is 2.06 bits per heavy atom. The van der Waals surface area contributed by atoms with Gasteiger partial charge >= 0.3 is 0 Å². The Bertz CT molecular complexity index is 499. The van der Waals surface area contributed by atoms with E-state index in [1.165, 1.54) is 18.5 Å². The third-order valence-corrected chi connectivity index (χ3v) is 1.95. The summed E-state index contributed by atoms with van der Waals surface area (Å²) in [4.78, 5) is 7.66. The number of benzene rings is 1. The average Bonchev–Trinajstić information content (AvgIpc) is 2.27. The number of nitrogens with zero attached hydrogens (tertiary/aromatic N) is 2. The largest absolute Gasteiger partial charge is 0.434 e. The van der Waals surface area contributed by atoms with Gasteiger partial charge in [-0.1, -0.05) is 6.07 Å². The highest BCUT2D eigenvalue weighted by Gasteiger charge is 2.05. The molecular weight excluding hydrogens is 209 g/mol. The number of halogens is 1. The summed E-state index contributed by atoms with van der Waals surface area (Å²) < 4.78 is 18.6. The predicted molar refractivity (Wildman–Crippen MR) is 57.7 cm³/mol. The van der Waals surface area contributed by atoms with Crippen LogP contribution in [0, 0.1) is 12.7 Å². The van der Waals surface area contributed by atoms with Crippen LogP contribution in [-0.2, 0) is 0 Å². The number of nitrogens with two attached hydrogens (primary N) is 1. The van der Waals surface area contributed by atoms with Crippen molar-refractivity contribution in [3.63, 3.8) is 0 Å². The third kappa shape index (κ3) is 2.25. The fourth-order valence-corrected chi connectivity index (χ4v) is 1.18. The van der Waals surface area contributed by atoms with Crippen LogP contribution in [0.25, 0.3) is 0 Å². The molecule has 0 unspecified atom stereocenters. The molecule has 0 aliphatic rings. The SMILES string of the molecule is Cc1ccc(F)c(Oc2cnc(N)cn2)c1. The van der Waals surface area contributed by atoms with Crippen molar-refractivity contribution in [2.75, 3.05) is 5.73 Å². The summed E-state index contributed by atoms with van der Waals surface area (Å²) in [6.07, 6.45) is 2.69. The van der Waals surface area contributed by atoms with Crippen LogP contribution < -0.4 is 10.5 Å². The van der Waals surface area contributed by atoms with Gasteiger partial charge in [-0.3, -0.25) is 0 Å². The van der Waals surface area contributed by atoms with E-state index in [0.29, 0.717) is 0 Å². The van der Waals surface area contributed by atoms with Gasteiger partial charge in [0.2, 0.25) is 5.88 Å². The third-order valence-electron chi connectivity index (χ3n) is 1.95. The van der Waals surface area contributed by atoms with Crippen molar-refractivity contribution in [1.82, 2.24) is 9.97 Å². The fourth-order valence-electron chi connectivity index (χ4n) is 1.18. The zero-order valence-electron chi connectivity index (χ0n) is 8.64. The summed E-state index contributed by atoms with van der Waals surface area (Å²) in [6, 6.07) is 4.60. The van der Waals surface area contributed by atoms with Crippen molar-refractivity contribution in [3.8, 4) is 11.6 Å². The molecule has 2 N–H and O–H groups in total. The molecule has 5 heteroatoms. The lowest BCUT2D eigenvalue weighted by molar-refractivity contribution is 0.425. The maximum atomic E-state index is 13.3. The van der Waals surface area contributed by atoms with E-state index in [4.69, 9.17) is 10.5 Å². The van der Waals surface area contributed by atoms with Crippen LogP contribution in [0.4, 0.5) is 10.2 Å². The van der Waals surface area contributed by atoms with E-state index in [1.807, 2.05) is 6.92 Å². The van der Waals surface area contributed by atoms with Gasteiger partial charge in [-0.15, -0.1) is 0 Å². The second-order valence-corrected chi connectivity index (χ2v) is 3.32. The zero-order valence-corrected chi connectivity index (χ0v) is 8.64. The molecule has 1 aromatic carbocycles. The number of rotatable bonds is 2. The molecule has 0 fully saturated rings. The molecule has 0 aliphatic heterocycles. The topological polar surface area (TPSA) is 61.0 Å². The van der Waals surface area contributed by atoms with Crippen LogP contribution in [-0.4, -0.2) is 9.97 Å². The van der Waals surface area contributed by atoms with Crippen molar-refractivity contribution >= 4 is 5.82 Å². The summed E-state index contributed by atoms with van der Waals surface area (Å²) in [5.74, 6) is 0.180. The summed E-state index contributed by atoms with van der Waals surface area (Å²) in [5.41, 5.74) is 6.27. The van der Waals surface area contributed by atoms with Gasteiger partial charge in [0.25, 0.3) is 0 Å². The molecule has 2 rings (SSSR count). The quantitative estimate of drug-likeness (QED) is 0.841. The standard InChI is InChI=1S/C11H10FN3O/c1-7-2-3-8(12)9(4-7)16-11-6-14-10(13)5-15-11/h2-6H,1H3,(H2,13,14). The van der Waals surface area contributed by atoms with E-state index in [0.717, 1.165) is 5.56 Å². The predicted octanol–water partition coefficient (Wildman–Crippen LogP) is 2.30. The Morgan fingerprint density at radius 3 is 2.75 bits per heavy atom. The first kappa shape index (κ1) is 10.4. The maximum absolute atomic E-state index is 13.3. The van der Waals surface area contributed by atoms with Gasteiger partial charge in [-0.25, -0.2) is 14.4 Å². The Labute approximate surface area is 91.9 Å². The highest BCUT2D eigenvalue weighted by atomic mass is 19.1. The summed E-state index contributed by atoms with van der Waals surface area (Å²) in [5, 5.41) is 0. The normalized spacial score (nSPS) is 10.1. The maximum Gasteiger partial charge on any atom is 0.238 e. The molecule has 2 aromatic rings. The number of aromatic nitrogens is 2. The van der Waals surface area contributed by atoms with Crippen molar-refractivity contribution in [3.05, 3.63) is 42.0 Å². The number of aryl methyl sites for hydroxylation is 1. The van der Waals surface area contributed by atoms with Crippen molar-refractivity contribution in [2.45, 2.75) is 6.92 Å². The first-order valence-electron chi connectivity index (χ1n) is 4.66. The minimum Gasteiger partial charge on any atom is -0.434 e. The average molecular weight is 219 g/mol. The van der Waals surface area contributed by atoms with Gasteiger partial charge in [-0.05, 0) is 24.6 Å². The molecule has 0 amide bonds. The van der Waals surface area contributed by atoms with Crippen LogP contribution in [0.2, 0.25) is 0 Å². The number of hydrogen-bond acceptors (Lipinski definition) is 4. The van der Waals surface area contributed by atoms with E-state index < -0.39 is 5.82 Å². The van der Waals surface area contributed by atoms with E-state index in [2.05, 4.69) is 9.97 Å². The van der Waals surface area contributed by atoms with E-state index in [-0.39, 0.29) is 17.4 Å². The Morgan fingerprint density at radius 1 is 1.25 bits per heavy atom. The highest BCUT2D eigenvalue weighted by Crippen LogP contribution is 2.23. The van der Waals surface area contributed by atoms with Crippen LogP contribution in [0.15, 0.2) is 30.6 Å². The van der Waals surface area contributed by atoms with Gasteiger partial charge in [0.05, 0.1) is 12.4 Å². The summed E-state index contributed by atoms with van der Waals surface area (Å²) in [7, 11) is 0. The van der Waals surface area contributed by atoms with Crippen LogP contribution in [0.3, 0.4) is 0 Å². The Kier molecular flexibility index (Phi) is 2.68. The molecule has 0 radical (unpaired) electrons. The summed E-state index contributed by atoms with van der Waals surface area (Å²) in [6.45, 7) is 1.85. The molecular formula is C11H10FN3O. The van der Waals surface area contributed by atoms with Crippen molar-refractivity contribution in [2.24, 2.45) is 0 Å². The van der Waals surface area contributed by atoms with E-state index >= 15 is 0 Å². The molecule has 0 spiro atoms. The second kappa shape index (κ2) is 4.14. The van der Waals surface area contributed by atoms with Gasteiger partial charge in [0.15, 0.2) is 11.6 Å². The summed E-state index contributed by atoms with van der Waals surface area (Å²) >= 11 is 0. The lowest BCUT2D eigenvalue weighted by Gasteiger charge is -2.06. The lowest BCUT2D eigenvalue weighted by Crippen LogP contribution is -1.95. The van der Waals surface area contributed by atoms with Gasteiger partial charge in [-0.2, -0.15) is 0 Å². The Hall–Kier alpha value is -2.17. The van der Waals surface area contributed by atoms with Crippen molar-refractivity contribution < 1.29 is 9.13 Å². The first-order chi connectivity index (χ1) is 7.65. The fraction of sp³-hybridized carbons (Fsp3) is 0.0909. The monoisotopic (exact) mass is 219 g/mol. The van der Waals surface area contributed by atoms with E-state index in [1.54, 1.807) is 12.1 Å². The van der Waals surface area contributed by atoms with E-state index in [9.17, 15) is 4.39 Å². The Balaban J connectivity index is 2.26.